The summed E-state index contributed by atoms with van der Waals surface area (Å²) in [6, 6.07) is 0. The van der Waals surface area contributed by atoms with Crippen LogP contribution in [0.3, 0.4) is 0 Å². The largest absolute Gasteiger partial charge is 0.367 e. The third-order valence-corrected chi connectivity index (χ3v) is 2.28. The molecule has 9 heavy (non-hydrogen) atoms. The molecule has 2 aliphatic heterocycles. The summed E-state index contributed by atoms with van der Waals surface area (Å²) in [5.41, 5.74) is 4.58. The maximum absolute atomic E-state index is 10.7. The van der Waals surface area contributed by atoms with Gasteiger partial charge < -0.3 is 10.5 Å². The Kier molecular flexibility index (Phi) is 0.750. The Bertz CT molecular complexity index is 155. The predicted molar refractivity (Wildman–Crippen MR) is 30.6 cm³/mol. The molecule has 0 radical (unpaired) electrons. The number of amides is 1. The summed E-state index contributed by atoms with van der Waals surface area (Å²) < 4.78 is 5.20. The number of primary amides is 1. The maximum Gasteiger partial charge on any atom is 0.249 e. The highest BCUT2D eigenvalue weighted by Gasteiger charge is 2.56. The Morgan fingerprint density at radius 2 is 2.33 bits per heavy atom. The van der Waals surface area contributed by atoms with Gasteiger partial charge in [-0.15, -0.1) is 0 Å². The number of ether oxygens (including phenoxy) is 1. The second-order valence-electron chi connectivity index (χ2n) is 2.94. The van der Waals surface area contributed by atoms with Crippen molar-refractivity contribution in [1.82, 2.24) is 0 Å². The predicted octanol–water partition coefficient (Wildman–Crippen LogP) is -0.349. The van der Waals surface area contributed by atoms with E-state index < -0.39 is 5.60 Å². The number of fused-ring (bicyclic) bond motifs is 1. The molecular weight excluding hydrogens is 118 g/mol. The van der Waals surface area contributed by atoms with Crippen LogP contribution in [0.1, 0.15) is 12.8 Å². The molecule has 0 spiro atoms. The summed E-state index contributed by atoms with van der Waals surface area (Å²) in [7, 11) is 0. The van der Waals surface area contributed by atoms with Crippen molar-refractivity contribution in [2.45, 2.75) is 18.4 Å². The monoisotopic (exact) mass is 127 g/mol. The summed E-state index contributed by atoms with van der Waals surface area (Å²) >= 11 is 0. The highest BCUT2D eigenvalue weighted by atomic mass is 16.5. The number of hydrogen-bond acceptors (Lipinski definition) is 2. The molecule has 2 bridgehead atoms. The zero-order chi connectivity index (χ0) is 6.48. The fourth-order valence-electron chi connectivity index (χ4n) is 1.66. The first kappa shape index (κ1) is 5.23. The molecule has 2 N–H and O–H groups in total. The van der Waals surface area contributed by atoms with Gasteiger partial charge in [-0.1, -0.05) is 0 Å². The average molecular weight is 127 g/mol. The summed E-state index contributed by atoms with van der Waals surface area (Å²) in [5, 5.41) is 0. The molecule has 0 aromatic carbocycles. The Morgan fingerprint density at radius 1 is 1.67 bits per heavy atom. The Labute approximate surface area is 53.2 Å². The van der Waals surface area contributed by atoms with Gasteiger partial charge >= 0.3 is 0 Å². The Morgan fingerprint density at radius 3 is 2.56 bits per heavy atom. The van der Waals surface area contributed by atoms with Crippen LogP contribution in [0, 0.1) is 5.92 Å². The molecule has 1 aliphatic carbocycles. The van der Waals surface area contributed by atoms with Gasteiger partial charge in [0.15, 0.2) is 0 Å². The molecule has 1 amide bonds. The van der Waals surface area contributed by atoms with E-state index in [4.69, 9.17) is 10.5 Å². The van der Waals surface area contributed by atoms with Crippen LogP contribution in [-0.4, -0.2) is 18.1 Å². The molecule has 1 saturated carbocycles. The fraction of sp³-hybridized carbons (Fsp3) is 0.833. The standard InChI is InChI=1S/C6H9NO2/c7-5(8)6-1-4(2-6)3-9-6/h4H,1-3H2,(H2,7,8). The van der Waals surface area contributed by atoms with E-state index >= 15 is 0 Å². The van der Waals surface area contributed by atoms with Crippen molar-refractivity contribution < 1.29 is 9.53 Å². The minimum absolute atomic E-state index is 0.281. The number of rotatable bonds is 1. The molecular formula is C6H9NO2. The van der Waals surface area contributed by atoms with Crippen LogP contribution >= 0.6 is 0 Å². The molecule has 2 saturated heterocycles. The first-order valence-corrected chi connectivity index (χ1v) is 3.17. The van der Waals surface area contributed by atoms with Crippen LogP contribution in [0.15, 0.2) is 0 Å². The van der Waals surface area contributed by atoms with Crippen LogP contribution in [0.25, 0.3) is 0 Å². The van der Waals surface area contributed by atoms with Crippen molar-refractivity contribution in [2.24, 2.45) is 11.7 Å². The molecule has 0 atom stereocenters. The first-order valence-electron chi connectivity index (χ1n) is 3.17. The van der Waals surface area contributed by atoms with Crippen molar-refractivity contribution in [2.75, 3.05) is 6.61 Å². The van der Waals surface area contributed by atoms with Crippen LogP contribution in [-0.2, 0) is 9.53 Å². The third-order valence-electron chi connectivity index (χ3n) is 2.28. The Balaban J connectivity index is 2.19. The van der Waals surface area contributed by atoms with Gasteiger partial charge in [-0.05, 0) is 18.8 Å². The SMILES string of the molecule is NC(=O)C12CC(CO1)C2. The zero-order valence-electron chi connectivity index (χ0n) is 5.09. The van der Waals surface area contributed by atoms with Gasteiger partial charge in [0, 0.05) is 0 Å². The van der Waals surface area contributed by atoms with Crippen molar-refractivity contribution in [3.8, 4) is 0 Å². The van der Waals surface area contributed by atoms with Gasteiger partial charge in [0.25, 0.3) is 0 Å². The lowest BCUT2D eigenvalue weighted by Crippen LogP contribution is -2.48. The lowest BCUT2D eigenvalue weighted by Gasteiger charge is -2.31. The van der Waals surface area contributed by atoms with Crippen molar-refractivity contribution in [1.29, 1.82) is 0 Å². The van der Waals surface area contributed by atoms with Gasteiger partial charge in [-0.2, -0.15) is 0 Å². The smallest absolute Gasteiger partial charge is 0.249 e. The topological polar surface area (TPSA) is 52.3 Å². The molecule has 3 aliphatic rings. The van der Waals surface area contributed by atoms with E-state index in [0.717, 1.165) is 19.4 Å². The van der Waals surface area contributed by atoms with E-state index in [-0.39, 0.29) is 5.91 Å². The van der Waals surface area contributed by atoms with Crippen molar-refractivity contribution in [3.63, 3.8) is 0 Å². The van der Waals surface area contributed by atoms with E-state index in [9.17, 15) is 4.79 Å². The molecule has 3 heteroatoms. The van der Waals surface area contributed by atoms with Crippen molar-refractivity contribution in [3.05, 3.63) is 0 Å². The molecule has 0 unspecified atom stereocenters. The van der Waals surface area contributed by atoms with Gasteiger partial charge in [0.05, 0.1) is 6.61 Å². The average Bonchev–Trinajstić information content (AvgIpc) is 2.13. The molecule has 3 fully saturated rings. The van der Waals surface area contributed by atoms with Gasteiger partial charge in [0.2, 0.25) is 5.91 Å². The van der Waals surface area contributed by atoms with Crippen molar-refractivity contribution >= 4 is 5.91 Å². The highest BCUT2D eigenvalue weighted by Crippen LogP contribution is 2.47. The molecule has 50 valence electrons. The summed E-state index contributed by atoms with van der Waals surface area (Å²) in [4.78, 5) is 10.7. The van der Waals surface area contributed by atoms with Gasteiger partial charge in [0.1, 0.15) is 5.60 Å². The molecule has 3 nitrogen and oxygen atoms in total. The minimum atomic E-state index is -0.523. The number of hydrogen-bond donors (Lipinski definition) is 1. The number of carbonyl (C=O) groups is 1. The summed E-state index contributed by atoms with van der Waals surface area (Å²) in [5.74, 6) is 0.341. The zero-order valence-corrected chi connectivity index (χ0v) is 5.09. The van der Waals surface area contributed by atoms with Crippen LogP contribution in [0.2, 0.25) is 0 Å². The summed E-state index contributed by atoms with van der Waals surface area (Å²) in [6.07, 6.45) is 1.73. The minimum Gasteiger partial charge on any atom is -0.367 e. The first-order chi connectivity index (χ1) is 4.23. The maximum atomic E-state index is 10.7. The van der Waals surface area contributed by atoms with E-state index in [1.54, 1.807) is 0 Å². The number of nitrogens with two attached hydrogens (primary N) is 1. The molecule has 0 aromatic heterocycles. The van der Waals surface area contributed by atoms with Gasteiger partial charge in [-0.25, -0.2) is 0 Å². The molecule has 2 heterocycles. The van der Waals surface area contributed by atoms with E-state index in [1.807, 2.05) is 0 Å². The number of carbonyl (C=O) groups excluding carboxylic acids is 1. The van der Waals surface area contributed by atoms with Crippen LogP contribution in [0.5, 0.6) is 0 Å². The van der Waals surface area contributed by atoms with E-state index in [2.05, 4.69) is 0 Å². The fourth-order valence-corrected chi connectivity index (χ4v) is 1.66. The third kappa shape index (κ3) is 0.477. The van der Waals surface area contributed by atoms with Crippen LogP contribution in [0.4, 0.5) is 0 Å². The molecule has 3 rings (SSSR count). The molecule has 0 aromatic rings. The quantitative estimate of drug-likeness (QED) is 0.523. The normalized spacial score (nSPS) is 46.4. The lowest BCUT2D eigenvalue weighted by atomic mass is 9.74. The highest BCUT2D eigenvalue weighted by molar-refractivity contribution is 5.85. The van der Waals surface area contributed by atoms with E-state index in [1.165, 1.54) is 0 Å². The van der Waals surface area contributed by atoms with E-state index in [0.29, 0.717) is 5.92 Å². The second kappa shape index (κ2) is 1.29. The lowest BCUT2D eigenvalue weighted by molar-refractivity contribution is -0.139. The Hall–Kier alpha value is -0.570. The second-order valence-corrected chi connectivity index (χ2v) is 2.94. The van der Waals surface area contributed by atoms with Crippen LogP contribution < -0.4 is 5.73 Å². The van der Waals surface area contributed by atoms with Gasteiger partial charge in [-0.3, -0.25) is 4.79 Å². The summed E-state index contributed by atoms with van der Waals surface area (Å²) in [6.45, 7) is 0.739.